The predicted molar refractivity (Wildman–Crippen MR) is 82.7 cm³/mol. The second-order valence-electron chi connectivity index (χ2n) is 4.87. The third-order valence-corrected chi connectivity index (χ3v) is 3.98. The lowest BCUT2D eigenvalue weighted by molar-refractivity contribution is 0.460. The first-order chi connectivity index (χ1) is 10.2. The largest absolute Gasteiger partial charge is 0.459 e. The quantitative estimate of drug-likeness (QED) is 0.701. The summed E-state index contributed by atoms with van der Waals surface area (Å²) < 4.78 is 25.2. The molecule has 1 aromatic carbocycles. The SMILES string of the molecule is CCCNC(c1cc2cc(F)ccc2o1)c1ccoc1Br. The van der Waals surface area contributed by atoms with E-state index in [0.29, 0.717) is 10.3 Å². The zero-order valence-corrected chi connectivity index (χ0v) is 13.1. The number of rotatable bonds is 5. The molecule has 1 N–H and O–H groups in total. The molecule has 0 saturated carbocycles. The molecule has 110 valence electrons. The van der Waals surface area contributed by atoms with E-state index in [2.05, 4.69) is 28.2 Å². The fourth-order valence-electron chi connectivity index (χ4n) is 2.34. The van der Waals surface area contributed by atoms with E-state index in [9.17, 15) is 4.39 Å². The Morgan fingerprint density at radius 2 is 2.14 bits per heavy atom. The smallest absolute Gasteiger partial charge is 0.174 e. The maximum atomic E-state index is 13.3. The molecule has 3 nitrogen and oxygen atoms in total. The highest BCUT2D eigenvalue weighted by molar-refractivity contribution is 9.10. The molecule has 0 aliphatic heterocycles. The molecule has 0 radical (unpaired) electrons. The molecule has 0 amide bonds. The van der Waals surface area contributed by atoms with Crippen LogP contribution in [0.2, 0.25) is 0 Å². The first-order valence-electron chi connectivity index (χ1n) is 6.84. The van der Waals surface area contributed by atoms with Crippen LogP contribution in [0.5, 0.6) is 0 Å². The van der Waals surface area contributed by atoms with Gasteiger partial charge in [0.15, 0.2) is 4.67 Å². The van der Waals surface area contributed by atoms with E-state index in [4.69, 9.17) is 8.83 Å². The minimum Gasteiger partial charge on any atom is -0.459 e. The number of furan rings is 2. The van der Waals surface area contributed by atoms with Crippen LogP contribution >= 0.6 is 15.9 Å². The molecule has 0 bridgehead atoms. The maximum Gasteiger partial charge on any atom is 0.174 e. The average Bonchev–Trinajstić information content (AvgIpc) is 3.06. The highest BCUT2D eigenvalue weighted by Gasteiger charge is 2.22. The van der Waals surface area contributed by atoms with Crippen molar-refractivity contribution in [2.24, 2.45) is 0 Å². The summed E-state index contributed by atoms with van der Waals surface area (Å²) >= 11 is 3.40. The molecular formula is C16H15BrFNO2. The number of halogens is 2. The Morgan fingerprint density at radius 1 is 1.29 bits per heavy atom. The number of nitrogens with one attached hydrogen (secondary N) is 1. The lowest BCUT2D eigenvalue weighted by Crippen LogP contribution is -2.22. The minimum atomic E-state index is -0.266. The zero-order valence-electron chi connectivity index (χ0n) is 11.5. The molecule has 21 heavy (non-hydrogen) atoms. The van der Waals surface area contributed by atoms with Gasteiger partial charge < -0.3 is 14.2 Å². The molecule has 3 aromatic rings. The van der Waals surface area contributed by atoms with Crippen LogP contribution in [0.3, 0.4) is 0 Å². The van der Waals surface area contributed by atoms with Gasteiger partial charge in [-0.15, -0.1) is 0 Å². The van der Waals surface area contributed by atoms with E-state index >= 15 is 0 Å². The highest BCUT2D eigenvalue weighted by atomic mass is 79.9. The van der Waals surface area contributed by atoms with Gasteiger partial charge in [0.25, 0.3) is 0 Å². The lowest BCUT2D eigenvalue weighted by atomic mass is 10.1. The van der Waals surface area contributed by atoms with Crippen LogP contribution < -0.4 is 5.32 Å². The normalized spacial score (nSPS) is 12.9. The van der Waals surface area contributed by atoms with E-state index < -0.39 is 0 Å². The van der Waals surface area contributed by atoms with Crippen molar-refractivity contribution in [1.29, 1.82) is 0 Å². The van der Waals surface area contributed by atoms with Gasteiger partial charge in [0.1, 0.15) is 17.2 Å². The van der Waals surface area contributed by atoms with Crippen molar-refractivity contribution in [3.05, 3.63) is 58.4 Å². The van der Waals surface area contributed by atoms with Crippen LogP contribution in [-0.2, 0) is 0 Å². The van der Waals surface area contributed by atoms with Gasteiger partial charge in [-0.1, -0.05) is 6.92 Å². The van der Waals surface area contributed by atoms with Crippen LogP contribution in [-0.4, -0.2) is 6.54 Å². The molecule has 0 spiro atoms. The highest BCUT2D eigenvalue weighted by Crippen LogP contribution is 2.33. The first-order valence-corrected chi connectivity index (χ1v) is 7.63. The molecule has 0 fully saturated rings. The fourth-order valence-corrected chi connectivity index (χ4v) is 2.81. The van der Waals surface area contributed by atoms with Crippen LogP contribution in [0.25, 0.3) is 11.0 Å². The maximum absolute atomic E-state index is 13.3. The summed E-state index contributed by atoms with van der Waals surface area (Å²) in [6.07, 6.45) is 2.63. The number of benzene rings is 1. The Labute approximate surface area is 130 Å². The van der Waals surface area contributed by atoms with E-state index in [-0.39, 0.29) is 11.9 Å². The summed E-state index contributed by atoms with van der Waals surface area (Å²) in [5, 5.41) is 4.18. The summed E-state index contributed by atoms with van der Waals surface area (Å²) in [6.45, 7) is 2.94. The minimum absolute atomic E-state index is 0.131. The molecule has 0 aliphatic carbocycles. The summed E-state index contributed by atoms with van der Waals surface area (Å²) in [5.41, 5.74) is 1.64. The van der Waals surface area contributed by atoms with Gasteiger partial charge in [0, 0.05) is 10.9 Å². The third-order valence-electron chi connectivity index (χ3n) is 3.34. The zero-order chi connectivity index (χ0) is 14.8. The van der Waals surface area contributed by atoms with Gasteiger partial charge in [-0.3, -0.25) is 0 Å². The molecule has 1 unspecified atom stereocenters. The van der Waals surface area contributed by atoms with Crippen molar-refractivity contribution >= 4 is 26.9 Å². The fraction of sp³-hybridized carbons (Fsp3) is 0.250. The van der Waals surface area contributed by atoms with Gasteiger partial charge in [0.2, 0.25) is 0 Å². The van der Waals surface area contributed by atoms with Crippen molar-refractivity contribution < 1.29 is 13.2 Å². The molecule has 3 rings (SSSR count). The topological polar surface area (TPSA) is 38.3 Å². The third kappa shape index (κ3) is 2.89. The summed E-state index contributed by atoms with van der Waals surface area (Å²) in [7, 11) is 0. The van der Waals surface area contributed by atoms with Crippen molar-refractivity contribution in [3.8, 4) is 0 Å². The molecule has 2 aromatic heterocycles. The Balaban J connectivity index is 2.03. The molecule has 2 heterocycles. The Morgan fingerprint density at radius 3 is 2.86 bits per heavy atom. The van der Waals surface area contributed by atoms with Crippen LogP contribution in [0, 0.1) is 5.82 Å². The van der Waals surface area contributed by atoms with Gasteiger partial charge in [0.05, 0.1) is 12.3 Å². The Hall–Kier alpha value is -1.59. The van der Waals surface area contributed by atoms with Crippen molar-refractivity contribution in [1.82, 2.24) is 5.32 Å². The van der Waals surface area contributed by atoms with Crippen LogP contribution in [0.15, 0.2) is 50.1 Å². The molecule has 1 atom stereocenters. The van der Waals surface area contributed by atoms with Crippen molar-refractivity contribution in [2.45, 2.75) is 19.4 Å². The van der Waals surface area contributed by atoms with E-state index in [1.54, 1.807) is 12.3 Å². The second kappa shape index (κ2) is 6.03. The predicted octanol–water partition coefficient (Wildman–Crippen LogP) is 5.02. The van der Waals surface area contributed by atoms with Crippen LogP contribution in [0.1, 0.15) is 30.7 Å². The van der Waals surface area contributed by atoms with Crippen molar-refractivity contribution in [3.63, 3.8) is 0 Å². The van der Waals surface area contributed by atoms with Gasteiger partial charge in [-0.25, -0.2) is 4.39 Å². The Bertz CT molecular complexity index is 750. The summed E-state index contributed by atoms with van der Waals surface area (Å²) in [4.78, 5) is 0. The van der Waals surface area contributed by atoms with E-state index in [1.807, 2.05) is 12.1 Å². The summed E-state index contributed by atoms with van der Waals surface area (Å²) in [6, 6.07) is 8.15. The van der Waals surface area contributed by atoms with E-state index in [1.165, 1.54) is 12.1 Å². The number of fused-ring (bicyclic) bond motifs is 1. The molecule has 0 aliphatic rings. The van der Waals surface area contributed by atoms with Crippen LogP contribution in [0.4, 0.5) is 4.39 Å². The number of hydrogen-bond acceptors (Lipinski definition) is 3. The Kier molecular flexibility index (Phi) is 4.12. The standard InChI is InChI=1S/C16H15BrFNO2/c1-2-6-19-15(12-5-7-20-16(12)17)14-9-10-8-11(18)3-4-13(10)21-14/h3-5,7-9,15,19H,2,6H2,1H3. The monoisotopic (exact) mass is 351 g/mol. The molecule has 0 saturated heterocycles. The van der Waals surface area contributed by atoms with Crippen molar-refractivity contribution in [2.75, 3.05) is 6.54 Å². The molecular weight excluding hydrogens is 337 g/mol. The first kappa shape index (κ1) is 14.4. The molecule has 5 heteroatoms. The van der Waals surface area contributed by atoms with Gasteiger partial charge in [-0.05, 0) is 59.2 Å². The lowest BCUT2D eigenvalue weighted by Gasteiger charge is -2.15. The van der Waals surface area contributed by atoms with Gasteiger partial charge >= 0.3 is 0 Å². The van der Waals surface area contributed by atoms with E-state index in [0.717, 1.165) is 29.7 Å². The number of hydrogen-bond donors (Lipinski definition) is 1. The average molecular weight is 352 g/mol. The van der Waals surface area contributed by atoms with Gasteiger partial charge in [-0.2, -0.15) is 0 Å². The summed E-state index contributed by atoms with van der Waals surface area (Å²) in [5.74, 6) is 0.476. The second-order valence-corrected chi connectivity index (χ2v) is 5.59.